The number of hydrogen-bond donors (Lipinski definition) is 2. The molecule has 2 aromatic rings. The lowest BCUT2D eigenvalue weighted by Gasteiger charge is -2.16. The SMILES string of the molecule is COc1cccc(C(=O)NC(C)c2nc(C)c(C(=O)O)s2)c1OC(F)F. The molecule has 0 saturated heterocycles. The lowest BCUT2D eigenvalue weighted by molar-refractivity contribution is -0.0515. The zero-order valence-corrected chi connectivity index (χ0v) is 14.9. The molecule has 2 N–H and O–H groups in total. The van der Waals surface area contributed by atoms with Gasteiger partial charge in [0.1, 0.15) is 9.88 Å². The highest BCUT2D eigenvalue weighted by atomic mass is 32.1. The van der Waals surface area contributed by atoms with Gasteiger partial charge in [-0.1, -0.05) is 6.07 Å². The summed E-state index contributed by atoms with van der Waals surface area (Å²) in [5, 5.41) is 12.1. The molecule has 0 aliphatic carbocycles. The van der Waals surface area contributed by atoms with Crippen LogP contribution in [0, 0.1) is 6.92 Å². The predicted octanol–water partition coefficient (Wildman–Crippen LogP) is 3.25. The number of benzene rings is 1. The zero-order chi connectivity index (χ0) is 19.4. The molecular weight excluding hydrogens is 370 g/mol. The number of ether oxygens (including phenoxy) is 2. The summed E-state index contributed by atoms with van der Waals surface area (Å²) in [5.41, 5.74) is 0.199. The van der Waals surface area contributed by atoms with Gasteiger partial charge in [0.2, 0.25) is 0 Å². The number of carbonyl (C=O) groups excluding carboxylic acids is 1. The third-order valence-electron chi connectivity index (χ3n) is 3.38. The minimum atomic E-state index is -3.13. The molecule has 1 heterocycles. The monoisotopic (exact) mass is 386 g/mol. The van der Waals surface area contributed by atoms with E-state index < -0.39 is 24.5 Å². The average molecular weight is 386 g/mol. The lowest BCUT2D eigenvalue weighted by Crippen LogP contribution is -2.27. The van der Waals surface area contributed by atoms with Crippen LogP contribution in [0.25, 0.3) is 0 Å². The maximum absolute atomic E-state index is 12.7. The molecule has 140 valence electrons. The van der Waals surface area contributed by atoms with Crippen LogP contribution in [0.4, 0.5) is 8.78 Å². The second-order valence-corrected chi connectivity index (χ2v) is 6.21. The molecule has 0 saturated carbocycles. The van der Waals surface area contributed by atoms with E-state index in [9.17, 15) is 18.4 Å². The predicted molar refractivity (Wildman–Crippen MR) is 89.3 cm³/mol. The van der Waals surface area contributed by atoms with Crippen molar-refractivity contribution in [2.75, 3.05) is 7.11 Å². The molecule has 0 fully saturated rings. The van der Waals surface area contributed by atoms with Crippen LogP contribution in [0.3, 0.4) is 0 Å². The number of para-hydroxylation sites is 1. The largest absolute Gasteiger partial charge is 0.493 e. The number of aromatic carboxylic acids is 1. The van der Waals surface area contributed by atoms with E-state index in [0.717, 1.165) is 11.3 Å². The van der Waals surface area contributed by atoms with Gasteiger partial charge in [0.25, 0.3) is 5.91 Å². The van der Waals surface area contributed by atoms with E-state index in [1.54, 1.807) is 13.8 Å². The first-order valence-corrected chi connectivity index (χ1v) is 8.19. The van der Waals surface area contributed by atoms with Crippen LogP contribution in [-0.4, -0.2) is 35.7 Å². The molecule has 1 amide bonds. The highest BCUT2D eigenvalue weighted by Crippen LogP contribution is 2.33. The lowest BCUT2D eigenvalue weighted by atomic mass is 10.1. The number of aryl methyl sites for hydroxylation is 1. The third-order valence-corrected chi connectivity index (χ3v) is 4.70. The van der Waals surface area contributed by atoms with Crippen molar-refractivity contribution in [3.63, 3.8) is 0 Å². The standard InChI is InChI=1S/C16H16F2N2O5S/c1-7-12(15(22)23)26-14(20-7)8(2)19-13(21)9-5-4-6-10(24-3)11(9)25-16(17)18/h4-6,8,16H,1-3H3,(H,19,21)(H,22,23). The fraction of sp³-hybridized carbons (Fsp3) is 0.312. The molecular formula is C16H16F2N2O5S. The maximum Gasteiger partial charge on any atom is 0.387 e. The van der Waals surface area contributed by atoms with Gasteiger partial charge in [-0.2, -0.15) is 8.78 Å². The topological polar surface area (TPSA) is 97.8 Å². The summed E-state index contributed by atoms with van der Waals surface area (Å²) in [6.45, 7) is 0.0274. The van der Waals surface area contributed by atoms with E-state index in [1.807, 2.05) is 0 Å². The molecule has 1 atom stereocenters. The summed E-state index contributed by atoms with van der Waals surface area (Å²) in [7, 11) is 1.27. The Hall–Kier alpha value is -2.75. The normalized spacial score (nSPS) is 11.9. The number of carbonyl (C=O) groups is 2. The summed E-state index contributed by atoms with van der Waals surface area (Å²) < 4.78 is 34.7. The number of thiazole rings is 1. The molecule has 26 heavy (non-hydrogen) atoms. The number of rotatable bonds is 7. The smallest absolute Gasteiger partial charge is 0.387 e. The zero-order valence-electron chi connectivity index (χ0n) is 14.1. The number of nitrogens with one attached hydrogen (secondary N) is 1. The fourth-order valence-corrected chi connectivity index (χ4v) is 3.11. The molecule has 1 aromatic carbocycles. The van der Waals surface area contributed by atoms with Crippen molar-refractivity contribution < 1.29 is 33.0 Å². The number of methoxy groups -OCH3 is 1. The van der Waals surface area contributed by atoms with Gasteiger partial charge in [-0.25, -0.2) is 9.78 Å². The van der Waals surface area contributed by atoms with E-state index in [2.05, 4.69) is 15.0 Å². The molecule has 2 rings (SSSR count). The van der Waals surface area contributed by atoms with Crippen LogP contribution in [0.1, 0.15) is 43.7 Å². The molecule has 0 bridgehead atoms. The summed E-state index contributed by atoms with van der Waals surface area (Å²) in [6.07, 6.45) is 0. The summed E-state index contributed by atoms with van der Waals surface area (Å²) in [6, 6.07) is 3.54. The minimum Gasteiger partial charge on any atom is -0.493 e. The van der Waals surface area contributed by atoms with Gasteiger partial charge in [0.05, 0.1) is 24.4 Å². The number of hydrogen-bond acceptors (Lipinski definition) is 6. The molecule has 10 heteroatoms. The van der Waals surface area contributed by atoms with Crippen molar-refractivity contribution in [1.29, 1.82) is 0 Å². The Morgan fingerprint density at radius 1 is 1.35 bits per heavy atom. The van der Waals surface area contributed by atoms with Crippen molar-refractivity contribution in [1.82, 2.24) is 10.3 Å². The van der Waals surface area contributed by atoms with Gasteiger partial charge in [-0.05, 0) is 26.0 Å². The average Bonchev–Trinajstić information content (AvgIpc) is 2.96. The van der Waals surface area contributed by atoms with Crippen molar-refractivity contribution in [2.24, 2.45) is 0 Å². The Labute approximate surface area is 151 Å². The van der Waals surface area contributed by atoms with E-state index in [0.29, 0.717) is 10.7 Å². The van der Waals surface area contributed by atoms with E-state index in [-0.39, 0.29) is 21.9 Å². The number of halogens is 2. The number of alkyl halides is 2. The first-order valence-electron chi connectivity index (χ1n) is 7.37. The highest BCUT2D eigenvalue weighted by Gasteiger charge is 2.24. The Morgan fingerprint density at radius 3 is 2.58 bits per heavy atom. The molecule has 7 nitrogen and oxygen atoms in total. The van der Waals surface area contributed by atoms with Crippen molar-refractivity contribution in [3.8, 4) is 11.5 Å². The molecule has 0 aliphatic heterocycles. The van der Waals surface area contributed by atoms with Crippen LogP contribution < -0.4 is 14.8 Å². The number of carboxylic acids is 1. The fourth-order valence-electron chi connectivity index (χ4n) is 2.20. The number of aromatic nitrogens is 1. The Balaban J connectivity index is 2.27. The second kappa shape index (κ2) is 8.09. The van der Waals surface area contributed by atoms with Crippen LogP contribution in [0.2, 0.25) is 0 Å². The van der Waals surface area contributed by atoms with Crippen molar-refractivity contribution in [2.45, 2.75) is 26.5 Å². The summed E-state index contributed by atoms with van der Waals surface area (Å²) >= 11 is 0.934. The quantitative estimate of drug-likeness (QED) is 0.758. The Morgan fingerprint density at radius 2 is 2.04 bits per heavy atom. The molecule has 0 aliphatic rings. The van der Waals surface area contributed by atoms with Gasteiger partial charge in [0.15, 0.2) is 11.5 Å². The van der Waals surface area contributed by atoms with Gasteiger partial charge in [-0.3, -0.25) is 4.79 Å². The molecule has 1 unspecified atom stereocenters. The summed E-state index contributed by atoms with van der Waals surface area (Å²) in [4.78, 5) is 27.8. The first-order chi connectivity index (χ1) is 12.2. The van der Waals surface area contributed by atoms with Gasteiger partial charge in [-0.15, -0.1) is 11.3 Å². The number of amides is 1. The van der Waals surface area contributed by atoms with Crippen LogP contribution >= 0.6 is 11.3 Å². The van der Waals surface area contributed by atoms with Gasteiger partial charge >= 0.3 is 12.6 Å². The van der Waals surface area contributed by atoms with E-state index >= 15 is 0 Å². The highest BCUT2D eigenvalue weighted by molar-refractivity contribution is 7.13. The number of nitrogens with zero attached hydrogens (tertiary/aromatic N) is 1. The number of carboxylic acid groups (broad SMARTS) is 1. The van der Waals surface area contributed by atoms with Gasteiger partial charge < -0.3 is 19.9 Å². The minimum absolute atomic E-state index is 0.0103. The Bertz CT molecular complexity index is 825. The van der Waals surface area contributed by atoms with Crippen molar-refractivity contribution in [3.05, 3.63) is 39.3 Å². The van der Waals surface area contributed by atoms with Crippen LogP contribution in [-0.2, 0) is 0 Å². The van der Waals surface area contributed by atoms with Crippen LogP contribution in [0.15, 0.2) is 18.2 Å². The molecule has 1 aromatic heterocycles. The first kappa shape index (κ1) is 19.6. The van der Waals surface area contributed by atoms with E-state index in [4.69, 9.17) is 9.84 Å². The maximum atomic E-state index is 12.7. The Kier molecular flexibility index (Phi) is 6.09. The molecule has 0 spiro atoms. The van der Waals surface area contributed by atoms with E-state index in [1.165, 1.54) is 25.3 Å². The second-order valence-electron chi connectivity index (χ2n) is 5.18. The summed E-state index contributed by atoms with van der Waals surface area (Å²) in [5.74, 6) is -2.18. The molecule has 0 radical (unpaired) electrons. The third kappa shape index (κ3) is 4.26. The van der Waals surface area contributed by atoms with Crippen molar-refractivity contribution >= 4 is 23.2 Å². The van der Waals surface area contributed by atoms with Gasteiger partial charge in [0, 0.05) is 0 Å². The van der Waals surface area contributed by atoms with Crippen LogP contribution in [0.5, 0.6) is 11.5 Å².